The summed E-state index contributed by atoms with van der Waals surface area (Å²) in [4.78, 5) is 29.3. The van der Waals surface area contributed by atoms with Gasteiger partial charge in [0.15, 0.2) is 0 Å². The van der Waals surface area contributed by atoms with Gasteiger partial charge in [0.25, 0.3) is 0 Å². The van der Waals surface area contributed by atoms with Crippen molar-refractivity contribution in [2.45, 2.75) is 32.1 Å². The molecule has 1 spiro atoms. The first-order valence-electron chi connectivity index (χ1n) is 11.6. The van der Waals surface area contributed by atoms with E-state index in [1.807, 2.05) is 0 Å². The predicted octanol–water partition coefficient (Wildman–Crippen LogP) is 3.15. The molecule has 6 rings (SSSR count). The molecule has 0 radical (unpaired) electrons. The van der Waals surface area contributed by atoms with Crippen LogP contribution in [0, 0.1) is 5.41 Å². The van der Waals surface area contributed by atoms with Gasteiger partial charge in [-0.15, -0.1) is 0 Å². The molecular weight excluding hydrogens is 386 g/mol. The van der Waals surface area contributed by atoms with Crippen molar-refractivity contribution in [2.24, 2.45) is 5.41 Å². The van der Waals surface area contributed by atoms with Crippen molar-refractivity contribution in [3.63, 3.8) is 0 Å². The van der Waals surface area contributed by atoms with E-state index in [9.17, 15) is 4.79 Å². The molecule has 1 atom stereocenters. The number of aromatic nitrogens is 2. The molecule has 2 aromatic rings. The first kappa shape index (κ1) is 18.8. The van der Waals surface area contributed by atoms with Crippen LogP contribution in [0.15, 0.2) is 42.7 Å². The highest BCUT2D eigenvalue weighted by atomic mass is 16.2. The molecule has 31 heavy (non-hydrogen) atoms. The summed E-state index contributed by atoms with van der Waals surface area (Å²) in [6.45, 7) is 5.41. The van der Waals surface area contributed by atoms with Gasteiger partial charge in [0.1, 0.15) is 18.0 Å². The van der Waals surface area contributed by atoms with Crippen LogP contribution in [0.1, 0.15) is 36.8 Å². The molecule has 4 aliphatic rings. The minimum Gasteiger partial charge on any atom is -0.356 e. The first-order chi connectivity index (χ1) is 15.2. The number of carbonyl (C=O) groups excluding carboxylic acids is 1. The van der Waals surface area contributed by atoms with Crippen molar-refractivity contribution in [3.05, 3.63) is 53.9 Å². The Morgan fingerprint density at radius 3 is 2.58 bits per heavy atom. The number of hydrogen-bond acceptors (Lipinski definition) is 5. The standard InChI is InChI=1S/C25H29N5O/c31-24-25(9-13-29(24)16-20-8-7-19-5-1-2-6-21(19)20)10-14-30(17-25)23-15-22(26-18-27-23)28-11-3-4-12-28/h1-2,5-6,8,15,18H,3-4,7,9-14,16-17H2. The van der Waals surface area contributed by atoms with Crippen molar-refractivity contribution >= 4 is 23.1 Å². The van der Waals surface area contributed by atoms with E-state index in [0.29, 0.717) is 5.91 Å². The van der Waals surface area contributed by atoms with Gasteiger partial charge in [-0.3, -0.25) is 4.79 Å². The third kappa shape index (κ3) is 3.20. The maximum atomic E-state index is 13.5. The molecule has 3 saturated heterocycles. The number of carbonyl (C=O) groups is 1. The van der Waals surface area contributed by atoms with E-state index in [2.05, 4.69) is 61.1 Å². The van der Waals surface area contributed by atoms with Crippen LogP contribution in [0.2, 0.25) is 0 Å². The molecule has 6 nitrogen and oxygen atoms in total. The van der Waals surface area contributed by atoms with Gasteiger partial charge >= 0.3 is 0 Å². The first-order valence-corrected chi connectivity index (χ1v) is 11.6. The molecule has 1 aromatic heterocycles. The summed E-state index contributed by atoms with van der Waals surface area (Å²) < 4.78 is 0. The van der Waals surface area contributed by atoms with E-state index in [0.717, 1.165) is 70.2 Å². The van der Waals surface area contributed by atoms with E-state index in [-0.39, 0.29) is 5.41 Å². The lowest BCUT2D eigenvalue weighted by atomic mass is 9.85. The molecule has 1 aromatic carbocycles. The summed E-state index contributed by atoms with van der Waals surface area (Å²) in [5.74, 6) is 2.32. The summed E-state index contributed by atoms with van der Waals surface area (Å²) in [5, 5.41) is 0. The molecule has 160 valence electrons. The zero-order chi connectivity index (χ0) is 20.8. The minimum atomic E-state index is -0.253. The SMILES string of the molecule is O=C1N(CC2=CCc3ccccc32)CCC12CCN(c1cc(N3CCCC3)ncn1)C2. The fraction of sp³-hybridized carbons (Fsp3) is 0.480. The van der Waals surface area contributed by atoms with Gasteiger partial charge < -0.3 is 14.7 Å². The number of amides is 1. The van der Waals surface area contributed by atoms with Crippen LogP contribution in [-0.2, 0) is 11.2 Å². The lowest BCUT2D eigenvalue weighted by molar-refractivity contribution is -0.134. The monoisotopic (exact) mass is 415 g/mol. The zero-order valence-corrected chi connectivity index (χ0v) is 18.0. The number of benzene rings is 1. The number of anilines is 2. The van der Waals surface area contributed by atoms with Crippen LogP contribution in [-0.4, -0.2) is 60.0 Å². The van der Waals surface area contributed by atoms with Gasteiger partial charge in [0.2, 0.25) is 5.91 Å². The smallest absolute Gasteiger partial charge is 0.231 e. The zero-order valence-electron chi connectivity index (χ0n) is 18.0. The topological polar surface area (TPSA) is 52.6 Å². The van der Waals surface area contributed by atoms with Crippen molar-refractivity contribution in [3.8, 4) is 0 Å². The summed E-state index contributed by atoms with van der Waals surface area (Å²) in [5.41, 5.74) is 3.75. The Kier molecular flexibility index (Phi) is 4.47. The molecule has 3 aliphatic heterocycles. The van der Waals surface area contributed by atoms with Gasteiger partial charge in [0, 0.05) is 45.3 Å². The lowest BCUT2D eigenvalue weighted by Gasteiger charge is -2.25. The number of hydrogen-bond donors (Lipinski definition) is 0. The third-order valence-electron chi connectivity index (χ3n) is 7.64. The fourth-order valence-corrected chi connectivity index (χ4v) is 5.83. The highest BCUT2D eigenvalue weighted by Gasteiger charge is 2.51. The predicted molar refractivity (Wildman–Crippen MR) is 122 cm³/mol. The normalized spacial score (nSPS) is 25.1. The van der Waals surface area contributed by atoms with Crippen LogP contribution in [0.3, 0.4) is 0 Å². The van der Waals surface area contributed by atoms with E-state index in [4.69, 9.17) is 0 Å². The second-order valence-electron chi connectivity index (χ2n) is 9.45. The maximum Gasteiger partial charge on any atom is 0.231 e. The van der Waals surface area contributed by atoms with Gasteiger partial charge in [-0.05, 0) is 48.8 Å². The van der Waals surface area contributed by atoms with Crippen LogP contribution < -0.4 is 9.80 Å². The molecule has 4 heterocycles. The third-order valence-corrected chi connectivity index (χ3v) is 7.64. The molecule has 1 amide bonds. The Bertz CT molecular complexity index is 1040. The number of likely N-dealkylation sites (tertiary alicyclic amines) is 1. The Morgan fingerprint density at radius 1 is 0.935 bits per heavy atom. The van der Waals surface area contributed by atoms with Gasteiger partial charge in [-0.2, -0.15) is 0 Å². The van der Waals surface area contributed by atoms with Gasteiger partial charge in [-0.1, -0.05) is 30.3 Å². The Labute approximate surface area is 183 Å². The summed E-state index contributed by atoms with van der Waals surface area (Å²) in [6.07, 6.45) is 9.29. The van der Waals surface area contributed by atoms with E-state index in [1.165, 1.54) is 29.5 Å². The second-order valence-corrected chi connectivity index (χ2v) is 9.45. The van der Waals surface area contributed by atoms with Crippen LogP contribution in [0.4, 0.5) is 11.6 Å². The largest absolute Gasteiger partial charge is 0.356 e. The molecule has 0 N–H and O–H groups in total. The van der Waals surface area contributed by atoms with Crippen molar-refractivity contribution < 1.29 is 4.79 Å². The molecule has 6 heteroatoms. The van der Waals surface area contributed by atoms with Crippen LogP contribution >= 0.6 is 0 Å². The van der Waals surface area contributed by atoms with Crippen LogP contribution in [0.25, 0.3) is 5.57 Å². The van der Waals surface area contributed by atoms with Crippen LogP contribution in [0.5, 0.6) is 0 Å². The summed E-state index contributed by atoms with van der Waals surface area (Å²) in [6, 6.07) is 10.7. The average molecular weight is 416 g/mol. The number of fused-ring (bicyclic) bond motifs is 1. The van der Waals surface area contributed by atoms with Crippen molar-refractivity contribution in [1.29, 1.82) is 0 Å². The Hall–Kier alpha value is -2.89. The maximum absolute atomic E-state index is 13.5. The highest BCUT2D eigenvalue weighted by molar-refractivity contribution is 5.88. The number of rotatable bonds is 4. The summed E-state index contributed by atoms with van der Waals surface area (Å²) in [7, 11) is 0. The van der Waals surface area contributed by atoms with Gasteiger partial charge in [0.05, 0.1) is 5.41 Å². The molecular formula is C25H29N5O. The molecule has 3 fully saturated rings. The lowest BCUT2D eigenvalue weighted by Crippen LogP contribution is -2.37. The fourth-order valence-electron chi connectivity index (χ4n) is 5.83. The van der Waals surface area contributed by atoms with Crippen molar-refractivity contribution in [1.82, 2.24) is 14.9 Å². The molecule has 1 unspecified atom stereocenters. The van der Waals surface area contributed by atoms with E-state index >= 15 is 0 Å². The molecule has 0 bridgehead atoms. The van der Waals surface area contributed by atoms with E-state index < -0.39 is 0 Å². The summed E-state index contributed by atoms with van der Waals surface area (Å²) >= 11 is 0. The number of allylic oxidation sites excluding steroid dienone is 1. The second kappa shape index (κ2) is 7.36. The quantitative estimate of drug-likeness (QED) is 0.768. The van der Waals surface area contributed by atoms with Crippen molar-refractivity contribution in [2.75, 3.05) is 49.1 Å². The van der Waals surface area contributed by atoms with Gasteiger partial charge in [-0.25, -0.2) is 9.97 Å². The van der Waals surface area contributed by atoms with E-state index in [1.54, 1.807) is 6.33 Å². The number of nitrogens with zero attached hydrogens (tertiary/aromatic N) is 5. The highest BCUT2D eigenvalue weighted by Crippen LogP contribution is 2.43. The average Bonchev–Trinajstić information content (AvgIpc) is 3.60. The molecule has 1 aliphatic carbocycles. The Balaban J connectivity index is 1.16. The Morgan fingerprint density at radius 2 is 1.71 bits per heavy atom. The minimum absolute atomic E-state index is 0.253. The molecule has 0 saturated carbocycles.